The van der Waals surface area contributed by atoms with Crippen LogP contribution in [0.2, 0.25) is 0 Å². The van der Waals surface area contributed by atoms with E-state index in [4.69, 9.17) is 4.74 Å². The zero-order chi connectivity index (χ0) is 14.6. The number of fused-ring (bicyclic) bond motifs is 1. The number of aryl methyl sites for hydroxylation is 1. The topological polar surface area (TPSA) is 41.5 Å². The number of ether oxygens (including phenoxy) is 1. The summed E-state index contributed by atoms with van der Waals surface area (Å²) in [7, 11) is 2.02. The second kappa shape index (κ2) is 6.59. The Hall–Kier alpha value is -1.06. The van der Waals surface area contributed by atoms with Crippen molar-refractivity contribution in [2.24, 2.45) is 0 Å². The van der Waals surface area contributed by atoms with Crippen molar-refractivity contribution in [3.63, 3.8) is 0 Å². The first-order valence-electron chi connectivity index (χ1n) is 7.77. The first-order chi connectivity index (χ1) is 9.61. The highest BCUT2D eigenvalue weighted by molar-refractivity contribution is 5.39. The summed E-state index contributed by atoms with van der Waals surface area (Å²) in [5.74, 6) is 0.876. The van der Waals surface area contributed by atoms with E-state index in [1.165, 1.54) is 24.0 Å². The third-order valence-electron chi connectivity index (χ3n) is 4.60. The lowest BCUT2D eigenvalue weighted by Gasteiger charge is -2.27. The number of benzene rings is 1. The molecule has 0 saturated heterocycles. The van der Waals surface area contributed by atoms with E-state index in [0.29, 0.717) is 12.6 Å². The van der Waals surface area contributed by atoms with E-state index >= 15 is 0 Å². The molecule has 3 nitrogen and oxygen atoms in total. The molecule has 0 heterocycles. The highest BCUT2D eigenvalue weighted by Gasteiger charge is 2.24. The Labute approximate surface area is 122 Å². The molecule has 1 aliphatic carbocycles. The number of nitrogens with one attached hydrogen (secondary N) is 1. The van der Waals surface area contributed by atoms with Crippen LogP contribution in [-0.4, -0.2) is 24.4 Å². The molecule has 2 rings (SSSR count). The minimum Gasteiger partial charge on any atom is -0.491 e. The van der Waals surface area contributed by atoms with Crippen LogP contribution in [0.1, 0.15) is 56.7 Å². The molecule has 112 valence electrons. The molecular weight excluding hydrogens is 250 g/mol. The molecule has 1 aliphatic rings. The summed E-state index contributed by atoms with van der Waals surface area (Å²) in [5.41, 5.74) is 2.07. The maximum Gasteiger partial charge on any atom is 0.119 e. The Morgan fingerprint density at radius 2 is 2.10 bits per heavy atom. The van der Waals surface area contributed by atoms with Crippen LogP contribution in [0.15, 0.2) is 18.2 Å². The first kappa shape index (κ1) is 15.3. The van der Waals surface area contributed by atoms with Crippen LogP contribution in [-0.2, 0) is 6.42 Å². The molecule has 1 unspecified atom stereocenters. The lowest BCUT2D eigenvalue weighted by molar-refractivity contribution is -0.0113. The monoisotopic (exact) mass is 277 g/mol. The quantitative estimate of drug-likeness (QED) is 0.839. The Balaban J connectivity index is 2.08. The van der Waals surface area contributed by atoms with Crippen LogP contribution in [0.5, 0.6) is 5.75 Å². The van der Waals surface area contributed by atoms with Gasteiger partial charge in [0.25, 0.3) is 0 Å². The van der Waals surface area contributed by atoms with Crippen molar-refractivity contribution < 1.29 is 9.84 Å². The highest BCUT2D eigenvalue weighted by atomic mass is 16.5. The van der Waals surface area contributed by atoms with Gasteiger partial charge in [0, 0.05) is 6.04 Å². The fourth-order valence-electron chi connectivity index (χ4n) is 2.85. The molecule has 0 aromatic heterocycles. The predicted octanol–water partition coefficient (Wildman–Crippen LogP) is 3.21. The number of hydrogen-bond donors (Lipinski definition) is 2. The van der Waals surface area contributed by atoms with Gasteiger partial charge >= 0.3 is 0 Å². The molecule has 0 aliphatic heterocycles. The maximum absolute atomic E-state index is 10.3. The molecule has 0 spiro atoms. The van der Waals surface area contributed by atoms with Crippen LogP contribution in [0.4, 0.5) is 0 Å². The van der Waals surface area contributed by atoms with Gasteiger partial charge in [0.15, 0.2) is 0 Å². The second-order valence-corrected chi connectivity index (χ2v) is 5.81. The summed E-state index contributed by atoms with van der Waals surface area (Å²) < 4.78 is 5.82. The number of aliphatic hydroxyl groups is 1. The molecular formula is C17H27NO2. The van der Waals surface area contributed by atoms with Gasteiger partial charge in [-0.05, 0) is 62.4 Å². The van der Waals surface area contributed by atoms with Crippen molar-refractivity contribution in [2.75, 3.05) is 13.7 Å². The van der Waals surface area contributed by atoms with E-state index in [0.717, 1.165) is 25.0 Å². The van der Waals surface area contributed by atoms with E-state index in [1.807, 2.05) is 27.0 Å². The summed E-state index contributed by atoms with van der Waals surface area (Å²) in [6.07, 6.45) is 4.98. The largest absolute Gasteiger partial charge is 0.491 e. The predicted molar refractivity (Wildman–Crippen MR) is 82.2 cm³/mol. The van der Waals surface area contributed by atoms with Crippen LogP contribution in [0.3, 0.4) is 0 Å². The number of rotatable bonds is 6. The average Bonchev–Trinajstić information content (AvgIpc) is 2.51. The van der Waals surface area contributed by atoms with E-state index in [-0.39, 0.29) is 0 Å². The lowest BCUT2D eigenvalue weighted by Crippen LogP contribution is -2.34. The van der Waals surface area contributed by atoms with Crippen molar-refractivity contribution >= 4 is 0 Å². The van der Waals surface area contributed by atoms with Gasteiger partial charge in [-0.15, -0.1) is 0 Å². The Bertz CT molecular complexity index is 441. The third kappa shape index (κ3) is 3.33. The van der Waals surface area contributed by atoms with Gasteiger partial charge in [0.05, 0.1) is 5.60 Å². The first-order valence-corrected chi connectivity index (χ1v) is 7.77. The minimum absolute atomic E-state index is 0.369. The zero-order valence-corrected chi connectivity index (χ0v) is 12.9. The van der Waals surface area contributed by atoms with Gasteiger partial charge in [-0.3, -0.25) is 0 Å². The maximum atomic E-state index is 10.3. The molecule has 1 aromatic carbocycles. The van der Waals surface area contributed by atoms with Gasteiger partial charge in [-0.2, -0.15) is 0 Å². The normalized spacial score (nSPS) is 18.7. The lowest BCUT2D eigenvalue weighted by atomic mass is 9.87. The summed E-state index contributed by atoms with van der Waals surface area (Å²) >= 11 is 0. The van der Waals surface area contributed by atoms with Gasteiger partial charge in [-0.1, -0.05) is 19.9 Å². The molecule has 0 saturated carbocycles. The SMILES string of the molecule is CCC(O)(CC)COc1ccc2c(c1)CCCC2NC. The van der Waals surface area contributed by atoms with Crippen molar-refractivity contribution in [1.29, 1.82) is 0 Å². The van der Waals surface area contributed by atoms with Gasteiger partial charge in [0.2, 0.25) is 0 Å². The second-order valence-electron chi connectivity index (χ2n) is 5.81. The summed E-state index contributed by atoms with van der Waals surface area (Å²) in [6, 6.07) is 6.81. The van der Waals surface area contributed by atoms with Gasteiger partial charge < -0.3 is 15.2 Å². The Morgan fingerprint density at radius 3 is 2.75 bits per heavy atom. The molecule has 0 radical (unpaired) electrons. The van der Waals surface area contributed by atoms with E-state index in [9.17, 15) is 5.11 Å². The van der Waals surface area contributed by atoms with Crippen LogP contribution < -0.4 is 10.1 Å². The molecule has 0 amide bonds. The molecule has 1 aromatic rings. The van der Waals surface area contributed by atoms with E-state index in [2.05, 4.69) is 17.4 Å². The van der Waals surface area contributed by atoms with E-state index in [1.54, 1.807) is 0 Å². The smallest absolute Gasteiger partial charge is 0.119 e. The molecule has 2 N–H and O–H groups in total. The molecule has 1 atom stereocenters. The molecule has 0 fully saturated rings. The molecule has 3 heteroatoms. The number of hydrogen-bond acceptors (Lipinski definition) is 3. The van der Waals surface area contributed by atoms with E-state index < -0.39 is 5.60 Å². The standard InChI is InChI=1S/C17H27NO2/c1-4-17(19,5-2)12-20-14-9-10-15-13(11-14)7-6-8-16(15)18-3/h9-11,16,18-19H,4-8,12H2,1-3H3. The average molecular weight is 277 g/mol. The summed E-state index contributed by atoms with van der Waals surface area (Å²) in [5, 5.41) is 13.6. The summed E-state index contributed by atoms with van der Waals surface area (Å²) in [6.45, 7) is 4.36. The van der Waals surface area contributed by atoms with Crippen LogP contribution in [0, 0.1) is 0 Å². The van der Waals surface area contributed by atoms with Crippen molar-refractivity contribution in [3.8, 4) is 5.75 Å². The zero-order valence-electron chi connectivity index (χ0n) is 12.9. The van der Waals surface area contributed by atoms with Crippen LogP contribution >= 0.6 is 0 Å². The fraction of sp³-hybridized carbons (Fsp3) is 0.647. The third-order valence-corrected chi connectivity index (χ3v) is 4.60. The highest BCUT2D eigenvalue weighted by Crippen LogP contribution is 2.32. The fourth-order valence-corrected chi connectivity index (χ4v) is 2.85. The van der Waals surface area contributed by atoms with Crippen molar-refractivity contribution in [3.05, 3.63) is 29.3 Å². The van der Waals surface area contributed by atoms with Crippen molar-refractivity contribution in [2.45, 2.75) is 57.6 Å². The summed E-state index contributed by atoms with van der Waals surface area (Å²) in [4.78, 5) is 0. The van der Waals surface area contributed by atoms with Gasteiger partial charge in [-0.25, -0.2) is 0 Å². The Morgan fingerprint density at radius 1 is 1.35 bits per heavy atom. The minimum atomic E-state index is -0.705. The Kier molecular flexibility index (Phi) is 5.06. The van der Waals surface area contributed by atoms with Crippen LogP contribution in [0.25, 0.3) is 0 Å². The van der Waals surface area contributed by atoms with Gasteiger partial charge in [0.1, 0.15) is 12.4 Å². The molecule has 20 heavy (non-hydrogen) atoms. The molecule has 0 bridgehead atoms. The van der Waals surface area contributed by atoms with Crippen molar-refractivity contribution in [1.82, 2.24) is 5.32 Å².